The van der Waals surface area contributed by atoms with Crippen molar-refractivity contribution in [2.24, 2.45) is 0 Å². The Hall–Kier alpha value is -1.59. The van der Waals surface area contributed by atoms with Gasteiger partial charge in [-0.3, -0.25) is 4.79 Å². The molecule has 0 saturated heterocycles. The third-order valence-electron chi connectivity index (χ3n) is 1.98. The van der Waals surface area contributed by atoms with Gasteiger partial charge in [0.15, 0.2) is 17.3 Å². The van der Waals surface area contributed by atoms with Gasteiger partial charge in [0.1, 0.15) is 0 Å². The Morgan fingerprint density at radius 1 is 1.31 bits per heavy atom. The largest absolute Gasteiger partial charge is 0.494 e. The van der Waals surface area contributed by atoms with Gasteiger partial charge in [-0.25, -0.2) is 4.39 Å². The van der Waals surface area contributed by atoms with Crippen molar-refractivity contribution >= 4 is 5.78 Å². The van der Waals surface area contributed by atoms with Crippen LogP contribution in [0.4, 0.5) is 17.6 Å². The van der Waals surface area contributed by atoms with Gasteiger partial charge in [0.25, 0.3) is 0 Å². The van der Waals surface area contributed by atoms with Crippen molar-refractivity contribution in [1.82, 2.24) is 0 Å². The zero-order valence-corrected chi connectivity index (χ0v) is 8.48. The smallest absolute Gasteiger partial charge is 0.417 e. The second-order valence-electron chi connectivity index (χ2n) is 3.06. The van der Waals surface area contributed by atoms with E-state index in [4.69, 9.17) is 0 Å². The van der Waals surface area contributed by atoms with Crippen molar-refractivity contribution in [3.8, 4) is 5.75 Å². The number of hydrogen-bond donors (Lipinski definition) is 0. The predicted molar refractivity (Wildman–Crippen MR) is 48.0 cm³/mol. The summed E-state index contributed by atoms with van der Waals surface area (Å²) in [6.07, 6.45) is -4.77. The summed E-state index contributed by atoms with van der Waals surface area (Å²) < 4.78 is 55.4. The Kier molecular flexibility index (Phi) is 3.21. The van der Waals surface area contributed by atoms with E-state index >= 15 is 0 Å². The van der Waals surface area contributed by atoms with Crippen LogP contribution in [-0.4, -0.2) is 12.9 Å². The van der Waals surface area contributed by atoms with E-state index in [9.17, 15) is 22.4 Å². The Balaban J connectivity index is 3.53. The molecule has 6 heteroatoms. The first-order chi connectivity index (χ1) is 7.29. The van der Waals surface area contributed by atoms with Gasteiger partial charge in [0, 0.05) is 0 Å². The minimum absolute atomic E-state index is 0.391. The number of carbonyl (C=O) groups is 1. The van der Waals surface area contributed by atoms with Gasteiger partial charge in [-0.2, -0.15) is 13.2 Å². The maximum atomic E-state index is 13.5. The molecule has 0 aliphatic carbocycles. The van der Waals surface area contributed by atoms with Crippen LogP contribution in [-0.2, 0) is 6.18 Å². The number of benzene rings is 1. The number of ether oxygens (including phenoxy) is 1. The number of Topliss-reactive ketones (excluding diaryl/α,β-unsaturated/α-hetero) is 1. The van der Waals surface area contributed by atoms with Crippen LogP contribution < -0.4 is 4.74 Å². The molecule has 1 aromatic rings. The molecule has 0 heterocycles. The van der Waals surface area contributed by atoms with E-state index < -0.39 is 34.7 Å². The van der Waals surface area contributed by atoms with Crippen LogP contribution in [0.15, 0.2) is 12.1 Å². The van der Waals surface area contributed by atoms with Gasteiger partial charge < -0.3 is 4.74 Å². The van der Waals surface area contributed by atoms with Crippen LogP contribution in [0.1, 0.15) is 22.8 Å². The number of rotatable bonds is 2. The van der Waals surface area contributed by atoms with Gasteiger partial charge in [-0.15, -0.1) is 0 Å². The molecule has 0 radical (unpaired) electrons. The molecule has 0 spiro atoms. The molecule has 1 aromatic carbocycles. The minimum Gasteiger partial charge on any atom is -0.494 e. The van der Waals surface area contributed by atoms with E-state index in [-0.39, 0.29) is 0 Å². The van der Waals surface area contributed by atoms with E-state index in [0.717, 1.165) is 20.1 Å². The normalized spacial score (nSPS) is 11.4. The van der Waals surface area contributed by atoms with Crippen molar-refractivity contribution in [3.63, 3.8) is 0 Å². The van der Waals surface area contributed by atoms with Gasteiger partial charge in [0.2, 0.25) is 0 Å². The highest BCUT2D eigenvalue weighted by Gasteiger charge is 2.36. The maximum Gasteiger partial charge on any atom is 0.417 e. The van der Waals surface area contributed by atoms with Crippen LogP contribution in [0.25, 0.3) is 0 Å². The zero-order chi connectivity index (χ0) is 12.5. The number of alkyl halides is 3. The molecule has 88 valence electrons. The monoisotopic (exact) mass is 236 g/mol. The first-order valence-electron chi connectivity index (χ1n) is 4.23. The van der Waals surface area contributed by atoms with Crippen molar-refractivity contribution in [2.75, 3.05) is 7.11 Å². The van der Waals surface area contributed by atoms with Gasteiger partial charge >= 0.3 is 6.18 Å². The number of ketones is 1. The molecule has 0 unspecified atom stereocenters. The Morgan fingerprint density at radius 2 is 1.88 bits per heavy atom. The quantitative estimate of drug-likeness (QED) is 0.582. The van der Waals surface area contributed by atoms with Crippen molar-refractivity contribution in [1.29, 1.82) is 0 Å². The summed E-state index contributed by atoms with van der Waals surface area (Å²) in [7, 11) is 1.11. The molecule has 0 aromatic heterocycles. The molecule has 0 bridgehead atoms. The molecule has 16 heavy (non-hydrogen) atoms. The van der Waals surface area contributed by atoms with Gasteiger partial charge in [0.05, 0.1) is 18.2 Å². The van der Waals surface area contributed by atoms with Crippen LogP contribution in [0.5, 0.6) is 5.75 Å². The van der Waals surface area contributed by atoms with Crippen LogP contribution >= 0.6 is 0 Å². The molecule has 0 fully saturated rings. The highest BCUT2D eigenvalue weighted by atomic mass is 19.4. The second kappa shape index (κ2) is 4.11. The molecular weight excluding hydrogens is 228 g/mol. The fourth-order valence-electron chi connectivity index (χ4n) is 1.30. The lowest BCUT2D eigenvalue weighted by Crippen LogP contribution is -2.14. The van der Waals surface area contributed by atoms with E-state index in [1.807, 2.05) is 0 Å². The highest BCUT2D eigenvalue weighted by Crippen LogP contribution is 2.36. The predicted octanol–water partition coefficient (Wildman–Crippen LogP) is 3.06. The lowest BCUT2D eigenvalue weighted by atomic mass is 10.0. The molecular formula is C10H8F4O2. The lowest BCUT2D eigenvalue weighted by Gasteiger charge is -2.13. The van der Waals surface area contributed by atoms with E-state index in [1.165, 1.54) is 0 Å². The van der Waals surface area contributed by atoms with E-state index in [1.54, 1.807) is 0 Å². The number of carbonyl (C=O) groups excluding carboxylic acids is 1. The Bertz CT molecular complexity index is 424. The Labute approximate surface area is 88.8 Å². The third kappa shape index (κ3) is 2.15. The highest BCUT2D eigenvalue weighted by molar-refractivity contribution is 5.96. The first-order valence-corrected chi connectivity index (χ1v) is 4.23. The van der Waals surface area contributed by atoms with E-state index in [2.05, 4.69) is 4.74 Å². The van der Waals surface area contributed by atoms with Crippen LogP contribution in [0.3, 0.4) is 0 Å². The van der Waals surface area contributed by atoms with Crippen LogP contribution in [0, 0.1) is 5.82 Å². The molecule has 0 atom stereocenters. The molecule has 1 rings (SSSR count). The number of methoxy groups -OCH3 is 1. The molecule has 2 nitrogen and oxygen atoms in total. The molecule has 0 N–H and O–H groups in total. The number of halogens is 4. The molecule has 0 aliphatic rings. The van der Waals surface area contributed by atoms with Crippen molar-refractivity contribution in [2.45, 2.75) is 13.1 Å². The van der Waals surface area contributed by atoms with Crippen molar-refractivity contribution in [3.05, 3.63) is 29.1 Å². The molecule has 0 saturated carbocycles. The summed E-state index contributed by atoms with van der Waals surface area (Å²) in [6.45, 7) is 0.868. The minimum atomic E-state index is -4.77. The summed E-state index contributed by atoms with van der Waals surface area (Å²) in [4.78, 5) is 11.0. The maximum absolute atomic E-state index is 13.5. The second-order valence-corrected chi connectivity index (χ2v) is 3.06. The van der Waals surface area contributed by atoms with Crippen molar-refractivity contribution < 1.29 is 27.1 Å². The average molecular weight is 236 g/mol. The summed E-state index contributed by atoms with van der Waals surface area (Å²) in [5.41, 5.74) is -2.29. The molecule has 0 aliphatic heterocycles. The number of hydrogen-bond acceptors (Lipinski definition) is 2. The topological polar surface area (TPSA) is 26.3 Å². The lowest BCUT2D eigenvalue weighted by molar-refractivity contribution is -0.138. The van der Waals surface area contributed by atoms with Gasteiger partial charge in [-0.1, -0.05) is 0 Å². The SMILES string of the molecule is COc1ccc(C(F)(F)F)c(C(C)=O)c1F. The summed E-state index contributed by atoms with van der Waals surface area (Å²) in [6, 6.07) is 1.46. The zero-order valence-electron chi connectivity index (χ0n) is 8.48. The fraction of sp³-hybridized carbons (Fsp3) is 0.300. The summed E-state index contributed by atoms with van der Waals surface area (Å²) in [5, 5.41) is 0. The van der Waals surface area contributed by atoms with E-state index in [0.29, 0.717) is 6.07 Å². The van der Waals surface area contributed by atoms with Crippen LogP contribution in [0.2, 0.25) is 0 Å². The standard InChI is InChI=1S/C10H8F4O2/c1-5(15)8-6(10(12,13)14)3-4-7(16-2)9(8)11/h3-4H,1-2H3. The summed E-state index contributed by atoms with van der Waals surface area (Å²) >= 11 is 0. The Morgan fingerprint density at radius 3 is 2.25 bits per heavy atom. The average Bonchev–Trinajstić information content (AvgIpc) is 2.15. The first kappa shape index (κ1) is 12.5. The molecule has 0 amide bonds. The third-order valence-corrected chi connectivity index (χ3v) is 1.98. The van der Waals surface area contributed by atoms with Gasteiger partial charge in [-0.05, 0) is 19.1 Å². The fourth-order valence-corrected chi connectivity index (χ4v) is 1.30. The summed E-state index contributed by atoms with van der Waals surface area (Å²) in [5.74, 6) is -2.67.